The third-order valence-electron chi connectivity index (χ3n) is 6.80. The van der Waals surface area contributed by atoms with Crippen LogP contribution in [0.3, 0.4) is 0 Å². The first-order chi connectivity index (χ1) is 19.0. The molecule has 10 nitrogen and oxygen atoms in total. The van der Waals surface area contributed by atoms with Crippen molar-refractivity contribution < 1.29 is 26.8 Å². The summed E-state index contributed by atoms with van der Waals surface area (Å²) in [5, 5.41) is 5.34. The number of furan rings is 1. The highest BCUT2D eigenvalue weighted by molar-refractivity contribution is 7.92. The lowest BCUT2D eigenvalue weighted by Gasteiger charge is -2.28. The van der Waals surface area contributed by atoms with E-state index in [9.17, 15) is 17.6 Å². The van der Waals surface area contributed by atoms with Crippen LogP contribution in [0.2, 0.25) is 0 Å². The molecule has 1 saturated heterocycles. The molecule has 2 aliphatic heterocycles. The number of rotatable bonds is 4. The van der Waals surface area contributed by atoms with Crippen molar-refractivity contribution in [2.45, 2.75) is 45.3 Å². The minimum absolute atomic E-state index is 0.00826. The molecule has 1 fully saturated rings. The first kappa shape index (κ1) is 26.2. The number of hydrogen-bond donors (Lipinski definition) is 0. The Morgan fingerprint density at radius 2 is 1.88 bits per heavy atom. The molecule has 1 amide bonds. The van der Waals surface area contributed by atoms with Gasteiger partial charge in [-0.2, -0.15) is 5.10 Å². The van der Waals surface area contributed by atoms with Gasteiger partial charge in [0.15, 0.2) is 9.84 Å². The van der Waals surface area contributed by atoms with Gasteiger partial charge in [-0.3, -0.25) is 9.58 Å². The van der Waals surface area contributed by atoms with Gasteiger partial charge in [-0.15, -0.1) is 0 Å². The second-order valence-electron chi connectivity index (χ2n) is 11.1. The number of hydrogen-bond acceptors (Lipinski definition) is 8. The van der Waals surface area contributed by atoms with Crippen LogP contribution >= 0.6 is 0 Å². The minimum Gasteiger partial charge on any atom is -0.443 e. The van der Waals surface area contributed by atoms with Gasteiger partial charge in [0.25, 0.3) is 0 Å². The van der Waals surface area contributed by atoms with E-state index in [2.05, 4.69) is 9.97 Å². The molecular weight excluding hydrogens is 537 g/mol. The number of allylic oxidation sites excluding steroid dienone is 1. The number of nitrogens with zero attached hydrogens (tertiary/aromatic N) is 5. The summed E-state index contributed by atoms with van der Waals surface area (Å²) in [6.07, 6.45) is 5.95. The van der Waals surface area contributed by atoms with E-state index < -0.39 is 21.5 Å². The first-order valence-electron chi connectivity index (χ1n) is 13.0. The second kappa shape index (κ2) is 9.54. The monoisotopic (exact) mass is 565 g/mol. The summed E-state index contributed by atoms with van der Waals surface area (Å²) in [6, 6.07) is 7.50. The zero-order valence-corrected chi connectivity index (χ0v) is 23.1. The van der Waals surface area contributed by atoms with Gasteiger partial charge < -0.3 is 9.15 Å². The van der Waals surface area contributed by atoms with Crippen LogP contribution in [0.15, 0.2) is 53.5 Å². The van der Waals surface area contributed by atoms with Crippen LogP contribution in [0.1, 0.15) is 45.4 Å². The number of ether oxygens (including phenoxy) is 1. The number of amides is 1. The van der Waals surface area contributed by atoms with Crippen LogP contribution in [-0.4, -0.2) is 62.8 Å². The third kappa shape index (κ3) is 5.10. The van der Waals surface area contributed by atoms with Crippen molar-refractivity contribution in [1.82, 2.24) is 24.6 Å². The summed E-state index contributed by atoms with van der Waals surface area (Å²) >= 11 is 0. The molecule has 0 atom stereocenters. The number of sulfone groups is 1. The maximum atomic E-state index is 13.7. The van der Waals surface area contributed by atoms with Gasteiger partial charge in [-0.05, 0) is 63.9 Å². The molecule has 40 heavy (non-hydrogen) atoms. The van der Waals surface area contributed by atoms with Crippen LogP contribution in [0.25, 0.3) is 39.2 Å². The third-order valence-corrected chi connectivity index (χ3v) is 8.59. The molecule has 208 valence electrons. The zero-order valence-electron chi connectivity index (χ0n) is 22.3. The van der Waals surface area contributed by atoms with E-state index in [0.717, 1.165) is 12.0 Å². The van der Waals surface area contributed by atoms with Gasteiger partial charge in [0.05, 0.1) is 28.6 Å². The zero-order chi connectivity index (χ0) is 28.2. The molecule has 0 bridgehead atoms. The molecule has 2 aliphatic rings. The Labute approximate surface area is 230 Å². The summed E-state index contributed by atoms with van der Waals surface area (Å²) in [6.45, 7) is 6.02. The van der Waals surface area contributed by atoms with Crippen molar-refractivity contribution in [1.29, 1.82) is 0 Å². The molecule has 5 heterocycles. The Balaban J connectivity index is 1.41. The minimum atomic E-state index is -3.08. The molecule has 0 spiro atoms. The molecule has 12 heteroatoms. The predicted octanol–water partition coefficient (Wildman–Crippen LogP) is 5.23. The fraction of sp³-hybridized carbons (Fsp3) is 0.357. The summed E-state index contributed by atoms with van der Waals surface area (Å²) in [5.74, 6) is 0.202. The van der Waals surface area contributed by atoms with Gasteiger partial charge in [-0.25, -0.2) is 27.6 Å². The molecule has 0 saturated carbocycles. The summed E-state index contributed by atoms with van der Waals surface area (Å²) in [5.41, 5.74) is 2.98. The molecule has 0 radical (unpaired) electrons. The van der Waals surface area contributed by atoms with E-state index >= 15 is 0 Å². The highest BCUT2D eigenvalue weighted by Crippen LogP contribution is 2.38. The predicted molar refractivity (Wildman–Crippen MR) is 146 cm³/mol. The molecule has 6 rings (SSSR count). The maximum absolute atomic E-state index is 13.7. The SMILES string of the molecule is CC(C)(C)OC(=O)N1C=C(c2cc3c(-c4cn(C5CS(=O)(=O)C5)nc4-c4ccc(F)cc4)ncnc3o2)CCC1. The summed E-state index contributed by atoms with van der Waals surface area (Å²) < 4.78 is 50.7. The van der Waals surface area contributed by atoms with E-state index in [0.29, 0.717) is 52.3 Å². The summed E-state index contributed by atoms with van der Waals surface area (Å²) in [4.78, 5) is 23.1. The quantitative estimate of drug-likeness (QED) is 0.330. The Morgan fingerprint density at radius 3 is 2.58 bits per heavy atom. The lowest BCUT2D eigenvalue weighted by atomic mass is 10.0. The fourth-order valence-electron chi connectivity index (χ4n) is 4.90. The van der Waals surface area contributed by atoms with Crippen LogP contribution < -0.4 is 0 Å². The normalized spacial score (nSPS) is 17.5. The van der Waals surface area contributed by atoms with Crippen molar-refractivity contribution in [2.24, 2.45) is 0 Å². The van der Waals surface area contributed by atoms with Gasteiger partial charge >= 0.3 is 6.09 Å². The second-order valence-corrected chi connectivity index (χ2v) is 13.2. The standard InChI is InChI=1S/C28H28FN5O5S/c1-28(2,3)39-27(35)33-10-4-5-18(12-33)23-11-21-25(30-16-31-26(21)38-23)22-13-34(20-14-40(36,37)15-20)32-24(22)17-6-8-19(29)9-7-17/h6-9,11-13,16,20H,4-5,10,14-15H2,1-3H3. The number of halogens is 1. The smallest absolute Gasteiger partial charge is 0.414 e. The lowest BCUT2D eigenvalue weighted by molar-refractivity contribution is 0.0329. The number of aromatic nitrogens is 4. The first-order valence-corrected chi connectivity index (χ1v) is 14.8. The van der Waals surface area contributed by atoms with E-state index in [1.165, 1.54) is 18.5 Å². The fourth-order valence-corrected chi connectivity index (χ4v) is 6.28. The number of carbonyl (C=O) groups is 1. The topological polar surface area (TPSA) is 120 Å². The van der Waals surface area contributed by atoms with Gasteiger partial charge in [-0.1, -0.05) is 0 Å². The van der Waals surface area contributed by atoms with Crippen LogP contribution in [0.4, 0.5) is 9.18 Å². The van der Waals surface area contributed by atoms with Crippen LogP contribution in [0, 0.1) is 5.82 Å². The summed E-state index contributed by atoms with van der Waals surface area (Å²) in [7, 11) is -3.08. The highest BCUT2D eigenvalue weighted by atomic mass is 32.2. The van der Waals surface area contributed by atoms with Gasteiger partial charge in [0.2, 0.25) is 5.71 Å². The van der Waals surface area contributed by atoms with Crippen molar-refractivity contribution in [3.8, 4) is 22.5 Å². The Bertz CT molecular complexity index is 1740. The lowest BCUT2D eigenvalue weighted by Crippen LogP contribution is -2.38. The average Bonchev–Trinajstić information content (AvgIpc) is 3.52. The van der Waals surface area contributed by atoms with Crippen molar-refractivity contribution in [3.05, 3.63) is 60.6 Å². The molecule has 0 aliphatic carbocycles. The molecule has 0 N–H and O–H groups in total. The maximum Gasteiger partial charge on any atom is 0.414 e. The highest BCUT2D eigenvalue weighted by Gasteiger charge is 2.36. The number of fused-ring (bicyclic) bond motifs is 1. The number of carbonyl (C=O) groups excluding carboxylic acids is 1. The largest absolute Gasteiger partial charge is 0.443 e. The van der Waals surface area contributed by atoms with E-state index in [4.69, 9.17) is 14.3 Å². The molecular formula is C28H28FN5O5S. The number of benzene rings is 1. The van der Waals surface area contributed by atoms with Crippen molar-refractivity contribution in [3.63, 3.8) is 0 Å². The van der Waals surface area contributed by atoms with Crippen molar-refractivity contribution >= 4 is 32.6 Å². The Kier molecular flexibility index (Phi) is 6.25. The molecule has 4 aromatic rings. The van der Waals surface area contributed by atoms with E-state index in [1.54, 1.807) is 34.1 Å². The van der Waals surface area contributed by atoms with Crippen LogP contribution in [0.5, 0.6) is 0 Å². The average molecular weight is 566 g/mol. The molecule has 0 unspecified atom stereocenters. The Morgan fingerprint density at radius 1 is 1.12 bits per heavy atom. The Hall–Kier alpha value is -4.06. The van der Waals surface area contributed by atoms with E-state index in [1.807, 2.05) is 26.8 Å². The van der Waals surface area contributed by atoms with Crippen molar-refractivity contribution in [2.75, 3.05) is 18.1 Å². The van der Waals surface area contributed by atoms with Gasteiger partial charge in [0.1, 0.15) is 29.2 Å². The van der Waals surface area contributed by atoms with Crippen LogP contribution in [-0.2, 0) is 14.6 Å². The molecule has 3 aromatic heterocycles. The van der Waals surface area contributed by atoms with E-state index in [-0.39, 0.29) is 23.4 Å². The van der Waals surface area contributed by atoms with Gasteiger partial charge in [0, 0.05) is 35.6 Å². The molecule has 1 aromatic carbocycles.